The Morgan fingerprint density at radius 1 is 1.06 bits per heavy atom. The highest BCUT2D eigenvalue weighted by Crippen LogP contribution is 2.36. The third-order valence-corrected chi connectivity index (χ3v) is 7.35. The van der Waals surface area contributed by atoms with Crippen LogP contribution in [0.3, 0.4) is 0 Å². The molecule has 0 N–H and O–H groups in total. The molecule has 0 spiro atoms. The number of thioether (sulfide) groups is 1. The van der Waals surface area contributed by atoms with Gasteiger partial charge in [0, 0.05) is 36.6 Å². The topological polar surface area (TPSA) is 87.2 Å². The molecule has 2 fully saturated rings. The van der Waals surface area contributed by atoms with Crippen molar-refractivity contribution in [1.29, 1.82) is 0 Å². The second kappa shape index (κ2) is 9.94. The predicted octanol–water partition coefficient (Wildman–Crippen LogP) is 2.16. The Labute approximate surface area is 192 Å². The number of fused-ring (bicyclic) bond motifs is 1. The molecule has 9 heteroatoms. The quantitative estimate of drug-likeness (QED) is 0.627. The fourth-order valence-electron chi connectivity index (χ4n) is 4.47. The van der Waals surface area contributed by atoms with Crippen molar-refractivity contribution in [1.82, 2.24) is 9.80 Å². The molecule has 1 aromatic rings. The van der Waals surface area contributed by atoms with E-state index in [4.69, 9.17) is 4.74 Å². The Hall–Kier alpha value is -2.55. The number of nitrogens with zero attached hydrogens (tertiary/aromatic N) is 3. The normalized spacial score (nSPS) is 19.2. The van der Waals surface area contributed by atoms with E-state index in [-0.39, 0.29) is 41.9 Å². The second-order valence-corrected chi connectivity index (χ2v) is 9.37. The molecular formula is C23H29N3O5S. The Morgan fingerprint density at radius 2 is 1.78 bits per heavy atom. The zero-order chi connectivity index (χ0) is 22.7. The maximum absolute atomic E-state index is 13.0. The first kappa shape index (κ1) is 22.6. The smallest absolute Gasteiger partial charge is 0.309 e. The summed E-state index contributed by atoms with van der Waals surface area (Å²) < 4.78 is 5.09. The molecule has 0 bridgehead atoms. The van der Waals surface area contributed by atoms with E-state index in [1.165, 1.54) is 16.7 Å². The highest BCUT2D eigenvalue weighted by Gasteiger charge is 2.32. The summed E-state index contributed by atoms with van der Waals surface area (Å²) in [5.41, 5.74) is 1.18. The van der Waals surface area contributed by atoms with E-state index in [2.05, 4.69) is 0 Å². The molecule has 0 atom stereocenters. The summed E-state index contributed by atoms with van der Waals surface area (Å²) in [6, 6.07) is 5.43. The van der Waals surface area contributed by atoms with Crippen LogP contribution in [-0.4, -0.2) is 78.6 Å². The number of amides is 3. The summed E-state index contributed by atoms with van der Waals surface area (Å²) in [6.45, 7) is 4.54. The molecule has 172 valence electrons. The van der Waals surface area contributed by atoms with Crippen molar-refractivity contribution in [3.05, 3.63) is 23.8 Å². The molecule has 3 aliphatic heterocycles. The minimum Gasteiger partial charge on any atom is -0.466 e. The highest BCUT2D eigenvalue weighted by atomic mass is 32.2. The van der Waals surface area contributed by atoms with Gasteiger partial charge in [0.05, 0.1) is 24.0 Å². The molecule has 0 aliphatic carbocycles. The molecule has 0 aromatic heterocycles. The monoisotopic (exact) mass is 459 g/mol. The summed E-state index contributed by atoms with van der Waals surface area (Å²) in [5.74, 6) is -0.415. The van der Waals surface area contributed by atoms with Gasteiger partial charge in [0.2, 0.25) is 11.8 Å². The minimum absolute atomic E-state index is 0.0272. The average molecular weight is 460 g/mol. The average Bonchev–Trinajstić information content (AvgIpc) is 3.35. The summed E-state index contributed by atoms with van der Waals surface area (Å²) in [6.07, 6.45) is 3.16. The molecular weight excluding hydrogens is 430 g/mol. The van der Waals surface area contributed by atoms with Crippen LogP contribution in [0.2, 0.25) is 0 Å². The van der Waals surface area contributed by atoms with Gasteiger partial charge in [-0.05, 0) is 50.8 Å². The number of carbonyl (C=O) groups excluding carboxylic acids is 4. The van der Waals surface area contributed by atoms with Crippen LogP contribution in [0.1, 0.15) is 43.0 Å². The van der Waals surface area contributed by atoms with Gasteiger partial charge >= 0.3 is 5.97 Å². The lowest BCUT2D eigenvalue weighted by Crippen LogP contribution is -2.48. The third-order valence-electron chi connectivity index (χ3n) is 6.30. The zero-order valence-electron chi connectivity index (χ0n) is 18.4. The van der Waals surface area contributed by atoms with E-state index < -0.39 is 0 Å². The highest BCUT2D eigenvalue weighted by molar-refractivity contribution is 8.00. The van der Waals surface area contributed by atoms with Gasteiger partial charge in [0.25, 0.3) is 5.91 Å². The fraction of sp³-hybridized carbons (Fsp3) is 0.565. The van der Waals surface area contributed by atoms with Crippen molar-refractivity contribution in [3.8, 4) is 0 Å². The second-order valence-electron chi connectivity index (χ2n) is 8.36. The van der Waals surface area contributed by atoms with Gasteiger partial charge in [-0.25, -0.2) is 0 Å². The van der Waals surface area contributed by atoms with Crippen molar-refractivity contribution >= 4 is 41.1 Å². The van der Waals surface area contributed by atoms with Gasteiger partial charge in [0.1, 0.15) is 6.54 Å². The first-order valence-electron chi connectivity index (χ1n) is 11.3. The zero-order valence-corrected chi connectivity index (χ0v) is 19.2. The maximum atomic E-state index is 13.0. The van der Waals surface area contributed by atoms with Gasteiger partial charge in [0.15, 0.2) is 0 Å². The Morgan fingerprint density at radius 3 is 2.47 bits per heavy atom. The Balaban J connectivity index is 1.44. The number of hydrogen-bond acceptors (Lipinski definition) is 6. The predicted molar refractivity (Wildman–Crippen MR) is 121 cm³/mol. The van der Waals surface area contributed by atoms with Crippen LogP contribution < -0.4 is 4.90 Å². The van der Waals surface area contributed by atoms with Crippen molar-refractivity contribution < 1.29 is 23.9 Å². The van der Waals surface area contributed by atoms with Gasteiger partial charge < -0.3 is 19.4 Å². The molecule has 3 aliphatic rings. The minimum atomic E-state index is -0.202. The number of carbonyl (C=O) groups is 4. The summed E-state index contributed by atoms with van der Waals surface area (Å²) in [7, 11) is 0. The van der Waals surface area contributed by atoms with E-state index in [9.17, 15) is 19.2 Å². The Kier molecular flexibility index (Phi) is 7.03. The molecule has 3 amide bonds. The number of benzene rings is 1. The van der Waals surface area contributed by atoms with Gasteiger partial charge in [-0.15, -0.1) is 11.8 Å². The van der Waals surface area contributed by atoms with Crippen LogP contribution in [0, 0.1) is 5.92 Å². The van der Waals surface area contributed by atoms with Crippen molar-refractivity contribution in [2.24, 2.45) is 5.92 Å². The lowest BCUT2D eigenvalue weighted by Gasteiger charge is -2.34. The van der Waals surface area contributed by atoms with Gasteiger partial charge in [-0.3, -0.25) is 19.2 Å². The van der Waals surface area contributed by atoms with E-state index in [0.717, 1.165) is 30.8 Å². The van der Waals surface area contributed by atoms with Gasteiger partial charge in [-0.2, -0.15) is 0 Å². The lowest BCUT2D eigenvalue weighted by molar-refractivity contribution is -0.151. The van der Waals surface area contributed by atoms with Crippen LogP contribution in [0.15, 0.2) is 23.1 Å². The fourth-order valence-corrected chi connectivity index (χ4v) is 5.39. The summed E-state index contributed by atoms with van der Waals surface area (Å²) in [5, 5.41) is 0. The summed E-state index contributed by atoms with van der Waals surface area (Å²) in [4.78, 5) is 56.4. The SMILES string of the molecule is CCOC(=O)C1CCN(C(=O)CN2C(=O)CSc3ccc(C(=O)N4CCCC4)cc32)CC1. The molecule has 0 unspecified atom stereocenters. The number of anilines is 1. The van der Waals surface area contributed by atoms with Gasteiger partial charge in [-0.1, -0.05) is 0 Å². The first-order chi connectivity index (χ1) is 15.5. The van der Waals surface area contributed by atoms with Crippen LogP contribution in [-0.2, 0) is 19.1 Å². The first-order valence-corrected chi connectivity index (χ1v) is 12.3. The number of esters is 1. The third kappa shape index (κ3) is 4.77. The lowest BCUT2D eigenvalue weighted by atomic mass is 9.97. The molecule has 0 saturated carbocycles. The number of likely N-dealkylation sites (tertiary alicyclic amines) is 2. The van der Waals surface area contributed by atoms with Crippen molar-refractivity contribution in [2.45, 2.75) is 37.5 Å². The molecule has 3 heterocycles. The number of piperidine rings is 1. The molecule has 0 radical (unpaired) electrons. The van der Waals surface area contributed by atoms with Crippen LogP contribution in [0.4, 0.5) is 5.69 Å². The molecule has 1 aromatic carbocycles. The number of hydrogen-bond donors (Lipinski definition) is 0. The van der Waals surface area contributed by atoms with E-state index in [0.29, 0.717) is 43.8 Å². The number of rotatable bonds is 5. The molecule has 4 rings (SSSR count). The summed E-state index contributed by atoms with van der Waals surface area (Å²) >= 11 is 1.43. The van der Waals surface area contributed by atoms with E-state index in [1.54, 1.807) is 17.9 Å². The van der Waals surface area contributed by atoms with E-state index >= 15 is 0 Å². The Bertz CT molecular complexity index is 907. The molecule has 8 nitrogen and oxygen atoms in total. The maximum Gasteiger partial charge on any atom is 0.309 e. The van der Waals surface area contributed by atoms with Crippen LogP contribution in [0.25, 0.3) is 0 Å². The number of ether oxygens (including phenoxy) is 1. The standard InChI is InChI=1S/C23H29N3O5S/c1-2-31-23(30)16-7-11-24(12-8-16)20(27)14-26-18-13-17(22(29)25-9-3-4-10-25)5-6-19(18)32-15-21(26)28/h5-6,13,16H,2-4,7-12,14-15H2,1H3. The van der Waals surface area contributed by atoms with Crippen molar-refractivity contribution in [2.75, 3.05) is 50.0 Å². The molecule has 2 saturated heterocycles. The van der Waals surface area contributed by atoms with Crippen molar-refractivity contribution in [3.63, 3.8) is 0 Å². The largest absolute Gasteiger partial charge is 0.466 e. The van der Waals surface area contributed by atoms with E-state index in [1.807, 2.05) is 17.0 Å². The van der Waals surface area contributed by atoms with Crippen LogP contribution in [0.5, 0.6) is 0 Å². The van der Waals surface area contributed by atoms with Crippen LogP contribution >= 0.6 is 11.8 Å². The molecule has 32 heavy (non-hydrogen) atoms.